The summed E-state index contributed by atoms with van der Waals surface area (Å²) in [6.45, 7) is 2.04. The van der Waals surface area contributed by atoms with Gasteiger partial charge in [-0.2, -0.15) is 13.2 Å². The molecule has 0 heterocycles. The Morgan fingerprint density at radius 3 is 2.60 bits per heavy atom. The molecule has 0 saturated carbocycles. The summed E-state index contributed by atoms with van der Waals surface area (Å²) in [5, 5.41) is 2.22. The summed E-state index contributed by atoms with van der Waals surface area (Å²) in [6.07, 6.45) is -3.45. The molecule has 1 N–H and O–H groups in total. The fraction of sp³-hybridized carbons (Fsp3) is 0.462. The third-order valence-electron chi connectivity index (χ3n) is 2.72. The first-order chi connectivity index (χ1) is 9.25. The van der Waals surface area contributed by atoms with Crippen molar-refractivity contribution in [2.45, 2.75) is 31.3 Å². The van der Waals surface area contributed by atoms with Crippen LogP contribution in [-0.4, -0.2) is 17.8 Å². The van der Waals surface area contributed by atoms with Gasteiger partial charge in [-0.15, -0.1) is 11.6 Å². The Hall–Kier alpha value is -1.30. The van der Waals surface area contributed by atoms with Crippen LogP contribution in [-0.2, 0) is 6.18 Å². The summed E-state index contributed by atoms with van der Waals surface area (Å²) in [5.41, 5.74) is -1.68. The van der Waals surface area contributed by atoms with Crippen LogP contribution < -0.4 is 5.32 Å². The molecule has 0 spiro atoms. The van der Waals surface area contributed by atoms with Gasteiger partial charge in [-0.25, -0.2) is 4.39 Å². The molecule has 1 unspecified atom stereocenters. The van der Waals surface area contributed by atoms with Crippen LogP contribution in [0.15, 0.2) is 18.2 Å². The summed E-state index contributed by atoms with van der Waals surface area (Å²) in [5.74, 6) is -1.87. The van der Waals surface area contributed by atoms with Crippen LogP contribution in [0, 0.1) is 5.82 Å². The Balaban J connectivity index is 2.77. The minimum atomic E-state index is -4.62. The van der Waals surface area contributed by atoms with Crippen LogP contribution >= 0.6 is 11.6 Å². The van der Waals surface area contributed by atoms with E-state index in [4.69, 9.17) is 11.6 Å². The van der Waals surface area contributed by atoms with Crippen molar-refractivity contribution in [3.8, 4) is 0 Å². The first-order valence-corrected chi connectivity index (χ1v) is 6.48. The van der Waals surface area contributed by atoms with Gasteiger partial charge < -0.3 is 5.32 Å². The van der Waals surface area contributed by atoms with E-state index in [2.05, 4.69) is 5.32 Å². The first-order valence-electron chi connectivity index (χ1n) is 6.04. The Morgan fingerprint density at radius 1 is 1.40 bits per heavy atom. The molecule has 1 aromatic carbocycles. The van der Waals surface area contributed by atoms with E-state index in [0.717, 1.165) is 0 Å². The number of carbonyl (C=O) groups is 1. The van der Waals surface area contributed by atoms with E-state index in [0.29, 0.717) is 31.0 Å². The lowest BCUT2D eigenvalue weighted by atomic mass is 10.1. The lowest BCUT2D eigenvalue weighted by Gasteiger charge is -2.11. The first kappa shape index (κ1) is 16.8. The van der Waals surface area contributed by atoms with Crippen molar-refractivity contribution in [1.82, 2.24) is 5.32 Å². The van der Waals surface area contributed by atoms with Gasteiger partial charge in [-0.05, 0) is 31.0 Å². The Morgan fingerprint density at radius 2 is 2.05 bits per heavy atom. The molecule has 7 heteroatoms. The maximum atomic E-state index is 13.4. The number of benzene rings is 1. The summed E-state index contributed by atoms with van der Waals surface area (Å²) >= 11 is 5.84. The fourth-order valence-electron chi connectivity index (χ4n) is 1.52. The lowest BCUT2D eigenvalue weighted by Crippen LogP contribution is -2.27. The van der Waals surface area contributed by atoms with Gasteiger partial charge in [-0.1, -0.05) is 6.92 Å². The number of hydrogen-bond acceptors (Lipinski definition) is 1. The number of nitrogens with one attached hydrogen (secondary N) is 1. The minimum Gasteiger partial charge on any atom is -0.352 e. The van der Waals surface area contributed by atoms with E-state index in [1.165, 1.54) is 0 Å². The zero-order valence-corrected chi connectivity index (χ0v) is 11.5. The van der Waals surface area contributed by atoms with Crippen molar-refractivity contribution in [2.24, 2.45) is 0 Å². The molecule has 112 valence electrons. The van der Waals surface area contributed by atoms with E-state index >= 15 is 0 Å². The fourth-order valence-corrected chi connectivity index (χ4v) is 1.63. The molecule has 0 bridgehead atoms. The zero-order chi connectivity index (χ0) is 15.3. The van der Waals surface area contributed by atoms with E-state index < -0.39 is 29.0 Å². The summed E-state index contributed by atoms with van der Waals surface area (Å²) in [4.78, 5) is 11.7. The summed E-state index contributed by atoms with van der Waals surface area (Å²) < 4.78 is 50.9. The maximum absolute atomic E-state index is 13.4. The molecule has 1 aromatic rings. The normalized spacial score (nSPS) is 13.1. The topological polar surface area (TPSA) is 29.1 Å². The SMILES string of the molecule is CCC(Cl)CCNC(=O)c1cc(C(F)(F)F)ccc1F. The molecular formula is C13H14ClF4NO. The molecule has 0 aromatic heterocycles. The van der Waals surface area contributed by atoms with Gasteiger partial charge >= 0.3 is 6.18 Å². The van der Waals surface area contributed by atoms with Gasteiger partial charge in [0.1, 0.15) is 5.82 Å². The second kappa shape index (κ2) is 6.92. The molecule has 0 aliphatic carbocycles. The number of halogens is 5. The van der Waals surface area contributed by atoms with Gasteiger partial charge in [0.2, 0.25) is 0 Å². The molecule has 1 amide bonds. The van der Waals surface area contributed by atoms with Crippen LogP contribution in [0.25, 0.3) is 0 Å². The minimum absolute atomic E-state index is 0.137. The number of amides is 1. The van der Waals surface area contributed by atoms with E-state index in [1.54, 1.807) is 0 Å². The number of carbonyl (C=O) groups excluding carboxylic acids is 1. The van der Waals surface area contributed by atoms with E-state index in [1.807, 2.05) is 6.92 Å². The average molecular weight is 312 g/mol. The second-order valence-corrected chi connectivity index (χ2v) is 4.86. The quantitative estimate of drug-likeness (QED) is 0.647. The van der Waals surface area contributed by atoms with Crippen molar-refractivity contribution in [3.05, 3.63) is 35.1 Å². The molecule has 0 saturated heterocycles. The van der Waals surface area contributed by atoms with E-state index in [9.17, 15) is 22.4 Å². The Bertz CT molecular complexity index is 476. The van der Waals surface area contributed by atoms with Crippen LogP contribution in [0.2, 0.25) is 0 Å². The summed E-state index contributed by atoms with van der Waals surface area (Å²) in [7, 11) is 0. The standard InChI is InChI=1S/C13H14ClF4NO/c1-2-9(14)5-6-19-12(20)10-7-8(13(16,17)18)3-4-11(10)15/h3-4,7,9H,2,5-6H2,1H3,(H,19,20). The van der Waals surface area contributed by atoms with Crippen molar-refractivity contribution < 1.29 is 22.4 Å². The van der Waals surface area contributed by atoms with Crippen molar-refractivity contribution in [2.75, 3.05) is 6.54 Å². The van der Waals surface area contributed by atoms with Gasteiger partial charge in [0, 0.05) is 11.9 Å². The predicted octanol–water partition coefficient (Wildman–Crippen LogP) is 3.98. The number of rotatable bonds is 5. The van der Waals surface area contributed by atoms with Gasteiger partial charge in [0.25, 0.3) is 5.91 Å². The largest absolute Gasteiger partial charge is 0.416 e. The third kappa shape index (κ3) is 4.67. The molecule has 0 fully saturated rings. The highest BCUT2D eigenvalue weighted by Crippen LogP contribution is 2.30. The maximum Gasteiger partial charge on any atom is 0.416 e. The second-order valence-electron chi connectivity index (χ2n) is 4.24. The highest BCUT2D eigenvalue weighted by atomic mass is 35.5. The monoisotopic (exact) mass is 311 g/mol. The van der Waals surface area contributed by atoms with E-state index in [-0.39, 0.29) is 11.9 Å². The van der Waals surface area contributed by atoms with Crippen LogP contribution in [0.4, 0.5) is 17.6 Å². The Kier molecular flexibility index (Phi) is 5.80. The molecule has 2 nitrogen and oxygen atoms in total. The number of hydrogen-bond donors (Lipinski definition) is 1. The third-order valence-corrected chi connectivity index (χ3v) is 3.25. The molecule has 1 atom stereocenters. The molecule has 0 aliphatic rings. The van der Waals surface area contributed by atoms with Gasteiger partial charge in [0.05, 0.1) is 11.1 Å². The average Bonchev–Trinajstić information content (AvgIpc) is 2.37. The highest BCUT2D eigenvalue weighted by Gasteiger charge is 2.31. The van der Waals surface area contributed by atoms with Crippen molar-refractivity contribution in [3.63, 3.8) is 0 Å². The van der Waals surface area contributed by atoms with Gasteiger partial charge in [-0.3, -0.25) is 4.79 Å². The molecule has 1 rings (SSSR count). The molecular weight excluding hydrogens is 298 g/mol. The Labute approximate surface area is 119 Å². The van der Waals surface area contributed by atoms with Gasteiger partial charge in [0.15, 0.2) is 0 Å². The zero-order valence-electron chi connectivity index (χ0n) is 10.7. The molecule has 0 aliphatic heterocycles. The predicted molar refractivity (Wildman–Crippen MR) is 68.3 cm³/mol. The van der Waals surface area contributed by atoms with Crippen LogP contribution in [0.5, 0.6) is 0 Å². The molecule has 20 heavy (non-hydrogen) atoms. The molecule has 0 radical (unpaired) electrons. The van der Waals surface area contributed by atoms with Crippen molar-refractivity contribution in [1.29, 1.82) is 0 Å². The summed E-state index contributed by atoms with van der Waals surface area (Å²) in [6, 6.07) is 1.73. The van der Waals surface area contributed by atoms with Crippen LogP contribution in [0.3, 0.4) is 0 Å². The lowest BCUT2D eigenvalue weighted by molar-refractivity contribution is -0.137. The smallest absolute Gasteiger partial charge is 0.352 e. The van der Waals surface area contributed by atoms with Crippen LogP contribution in [0.1, 0.15) is 35.7 Å². The van der Waals surface area contributed by atoms with Crippen molar-refractivity contribution >= 4 is 17.5 Å². The number of alkyl halides is 4. The highest BCUT2D eigenvalue weighted by molar-refractivity contribution is 6.20.